The molecule has 134 valence electrons. The van der Waals surface area contributed by atoms with Crippen molar-refractivity contribution < 1.29 is 27.0 Å². The van der Waals surface area contributed by atoms with E-state index in [-0.39, 0.29) is 5.69 Å². The molecule has 0 aliphatic rings. The summed E-state index contributed by atoms with van der Waals surface area (Å²) in [6.07, 6.45) is 1.35. The molecule has 0 fully saturated rings. The zero-order valence-electron chi connectivity index (χ0n) is 13.9. The van der Waals surface area contributed by atoms with Crippen molar-refractivity contribution in [2.75, 3.05) is 26.1 Å². The smallest absolute Gasteiger partial charge is 0.255 e. The monoisotopic (exact) mass is 367 g/mol. The maximum absolute atomic E-state index is 12.9. The van der Waals surface area contributed by atoms with Gasteiger partial charge in [0, 0.05) is 17.8 Å². The Hall–Kier alpha value is -2.74. The first-order valence-electron chi connectivity index (χ1n) is 7.15. The van der Waals surface area contributed by atoms with E-state index in [1.807, 2.05) is 0 Å². The predicted octanol–water partition coefficient (Wildman–Crippen LogP) is 3.26. The predicted molar refractivity (Wildman–Crippen MR) is 94.1 cm³/mol. The Balaban J connectivity index is 2.32. The van der Waals surface area contributed by atoms with Gasteiger partial charge in [-0.2, -0.15) is 0 Å². The van der Waals surface area contributed by atoms with E-state index in [0.29, 0.717) is 22.8 Å². The summed E-state index contributed by atoms with van der Waals surface area (Å²) in [7, 11) is 0.604. The number of anilines is 1. The Morgan fingerprint density at radius 1 is 0.960 bits per heavy atom. The molecular formula is C17H18FNO5S. The summed E-state index contributed by atoms with van der Waals surface area (Å²) in [5, 5.41) is 0.975. The van der Waals surface area contributed by atoms with Crippen LogP contribution in [0.1, 0.15) is 5.56 Å². The van der Waals surface area contributed by atoms with E-state index < -0.39 is 15.8 Å². The fourth-order valence-electron chi connectivity index (χ4n) is 2.07. The highest BCUT2D eigenvalue weighted by atomic mass is 32.2. The van der Waals surface area contributed by atoms with E-state index in [1.54, 1.807) is 12.1 Å². The van der Waals surface area contributed by atoms with Crippen LogP contribution in [-0.4, -0.2) is 29.7 Å². The standard InChI is InChI=1S/C17H18FNO5S/c1-22-14-10-16(23-2)15(17(11-14)24-3)8-9-25(20,21)19-13-6-4-12(18)5-7-13/h4-11,19H,1-3H3/b9-8+. The van der Waals surface area contributed by atoms with Crippen molar-refractivity contribution in [3.63, 3.8) is 0 Å². The molecule has 0 amide bonds. The Morgan fingerprint density at radius 3 is 2.00 bits per heavy atom. The van der Waals surface area contributed by atoms with Gasteiger partial charge in [0.2, 0.25) is 0 Å². The molecule has 0 atom stereocenters. The number of sulfonamides is 1. The lowest BCUT2D eigenvalue weighted by Crippen LogP contribution is -2.08. The molecule has 2 aromatic carbocycles. The molecule has 0 unspecified atom stereocenters. The molecule has 0 bridgehead atoms. The molecule has 2 rings (SSSR count). The maximum Gasteiger partial charge on any atom is 0.255 e. The van der Waals surface area contributed by atoms with Crippen LogP contribution in [0.2, 0.25) is 0 Å². The molecule has 0 radical (unpaired) electrons. The molecule has 0 aliphatic carbocycles. The molecule has 0 saturated heterocycles. The minimum Gasteiger partial charge on any atom is -0.496 e. The highest BCUT2D eigenvalue weighted by Crippen LogP contribution is 2.35. The van der Waals surface area contributed by atoms with Crippen molar-refractivity contribution in [2.45, 2.75) is 0 Å². The zero-order valence-corrected chi connectivity index (χ0v) is 14.8. The van der Waals surface area contributed by atoms with E-state index in [2.05, 4.69) is 4.72 Å². The third-order valence-corrected chi connectivity index (χ3v) is 4.29. The average molecular weight is 367 g/mol. The lowest BCUT2D eigenvalue weighted by Gasteiger charge is -2.12. The van der Waals surface area contributed by atoms with Crippen molar-refractivity contribution in [1.82, 2.24) is 0 Å². The third-order valence-electron chi connectivity index (χ3n) is 3.27. The summed E-state index contributed by atoms with van der Waals surface area (Å²) in [5.41, 5.74) is 0.690. The summed E-state index contributed by atoms with van der Waals surface area (Å²) < 4.78 is 55.2. The quantitative estimate of drug-likeness (QED) is 0.813. The Morgan fingerprint density at radius 2 is 1.52 bits per heavy atom. The van der Waals surface area contributed by atoms with Crippen LogP contribution >= 0.6 is 0 Å². The maximum atomic E-state index is 12.9. The lowest BCUT2D eigenvalue weighted by molar-refractivity contribution is 0.374. The van der Waals surface area contributed by atoms with Crippen LogP contribution < -0.4 is 18.9 Å². The second-order valence-corrected chi connectivity index (χ2v) is 6.47. The van der Waals surface area contributed by atoms with Gasteiger partial charge in [-0.25, -0.2) is 12.8 Å². The number of hydrogen-bond donors (Lipinski definition) is 1. The number of benzene rings is 2. The Labute approximate surface area is 145 Å². The van der Waals surface area contributed by atoms with Crippen molar-refractivity contribution in [3.8, 4) is 17.2 Å². The van der Waals surface area contributed by atoms with E-state index in [0.717, 1.165) is 17.5 Å². The topological polar surface area (TPSA) is 73.9 Å². The number of hydrogen-bond acceptors (Lipinski definition) is 5. The molecule has 1 N–H and O–H groups in total. The molecule has 8 heteroatoms. The number of ether oxygens (including phenoxy) is 3. The molecule has 2 aromatic rings. The molecule has 0 spiro atoms. The van der Waals surface area contributed by atoms with Gasteiger partial charge in [0.1, 0.15) is 23.1 Å². The van der Waals surface area contributed by atoms with Crippen LogP contribution in [0, 0.1) is 5.82 Å². The SMILES string of the molecule is COc1cc(OC)c(/C=C/S(=O)(=O)Nc2ccc(F)cc2)c(OC)c1. The van der Waals surface area contributed by atoms with Gasteiger partial charge >= 0.3 is 0 Å². The number of methoxy groups -OCH3 is 3. The summed E-state index contributed by atoms with van der Waals surface area (Å²) in [4.78, 5) is 0. The summed E-state index contributed by atoms with van der Waals surface area (Å²) >= 11 is 0. The lowest BCUT2D eigenvalue weighted by atomic mass is 10.1. The van der Waals surface area contributed by atoms with Gasteiger partial charge in [0.15, 0.2) is 0 Å². The first-order chi connectivity index (χ1) is 11.9. The van der Waals surface area contributed by atoms with Gasteiger partial charge in [0.25, 0.3) is 10.0 Å². The zero-order chi connectivity index (χ0) is 18.4. The normalized spacial score (nSPS) is 11.4. The van der Waals surface area contributed by atoms with Gasteiger partial charge < -0.3 is 14.2 Å². The Bertz CT molecular complexity index is 838. The molecule has 6 nitrogen and oxygen atoms in total. The first kappa shape index (κ1) is 18.6. The van der Waals surface area contributed by atoms with Gasteiger partial charge in [-0.15, -0.1) is 0 Å². The van der Waals surface area contributed by atoms with Crippen LogP contribution in [0.3, 0.4) is 0 Å². The highest BCUT2D eigenvalue weighted by molar-refractivity contribution is 7.95. The first-order valence-corrected chi connectivity index (χ1v) is 8.69. The van der Waals surface area contributed by atoms with Crippen molar-refractivity contribution in [1.29, 1.82) is 0 Å². The highest BCUT2D eigenvalue weighted by Gasteiger charge is 2.13. The minimum atomic E-state index is -3.81. The largest absolute Gasteiger partial charge is 0.496 e. The Kier molecular flexibility index (Phi) is 5.87. The second kappa shape index (κ2) is 7.89. The molecule has 0 aliphatic heterocycles. The number of rotatable bonds is 7. The van der Waals surface area contributed by atoms with Crippen molar-refractivity contribution >= 4 is 21.8 Å². The van der Waals surface area contributed by atoms with Gasteiger partial charge in [-0.3, -0.25) is 4.72 Å². The fraction of sp³-hybridized carbons (Fsp3) is 0.176. The minimum absolute atomic E-state index is 0.250. The fourth-order valence-corrected chi connectivity index (χ4v) is 2.92. The van der Waals surface area contributed by atoms with Crippen LogP contribution in [0.15, 0.2) is 41.8 Å². The third kappa shape index (κ3) is 4.87. The van der Waals surface area contributed by atoms with E-state index in [4.69, 9.17) is 14.2 Å². The molecular weight excluding hydrogens is 349 g/mol. The van der Waals surface area contributed by atoms with E-state index in [1.165, 1.54) is 39.5 Å². The van der Waals surface area contributed by atoms with Crippen LogP contribution in [0.5, 0.6) is 17.2 Å². The summed E-state index contributed by atoms with van der Waals surface area (Å²) in [6.45, 7) is 0. The molecule has 0 heterocycles. The number of nitrogens with one attached hydrogen (secondary N) is 1. The van der Waals surface area contributed by atoms with Crippen LogP contribution in [-0.2, 0) is 10.0 Å². The van der Waals surface area contributed by atoms with Crippen molar-refractivity contribution in [2.24, 2.45) is 0 Å². The summed E-state index contributed by atoms with van der Waals surface area (Å²) in [5.74, 6) is 0.846. The van der Waals surface area contributed by atoms with Crippen LogP contribution in [0.4, 0.5) is 10.1 Å². The van der Waals surface area contributed by atoms with Gasteiger partial charge in [-0.1, -0.05) is 0 Å². The van der Waals surface area contributed by atoms with Crippen LogP contribution in [0.25, 0.3) is 6.08 Å². The second-order valence-electron chi connectivity index (χ2n) is 4.90. The molecule has 0 saturated carbocycles. The summed E-state index contributed by atoms with van der Waals surface area (Å²) in [6, 6.07) is 8.21. The number of halogens is 1. The van der Waals surface area contributed by atoms with Gasteiger partial charge in [-0.05, 0) is 30.3 Å². The van der Waals surface area contributed by atoms with E-state index >= 15 is 0 Å². The van der Waals surface area contributed by atoms with Gasteiger partial charge in [0.05, 0.1) is 32.3 Å². The molecule has 25 heavy (non-hydrogen) atoms. The van der Waals surface area contributed by atoms with E-state index in [9.17, 15) is 12.8 Å². The van der Waals surface area contributed by atoms with Crippen molar-refractivity contribution in [3.05, 3.63) is 53.2 Å². The molecule has 0 aromatic heterocycles. The average Bonchev–Trinajstić information content (AvgIpc) is 2.61.